The van der Waals surface area contributed by atoms with Crippen LogP contribution in [0.5, 0.6) is 0 Å². The molecule has 1 aromatic heterocycles. The van der Waals surface area contributed by atoms with Crippen LogP contribution >= 0.6 is 0 Å². The lowest BCUT2D eigenvalue weighted by atomic mass is 9.98. The molecule has 5 nitrogen and oxygen atoms in total. The zero-order valence-corrected chi connectivity index (χ0v) is 13.6. The second kappa shape index (κ2) is 8.39. The standard InChI is InChI=1S/C16H29N3O2/c1-13-11-19(16(17-13)18-14(2)12-20-3)9-10-21-15-7-5-4-6-8-15/h11,14-15H,4-10,12H2,1-3H3,(H,17,18). The van der Waals surface area contributed by atoms with E-state index in [-0.39, 0.29) is 6.04 Å². The maximum absolute atomic E-state index is 6.00. The summed E-state index contributed by atoms with van der Waals surface area (Å²) >= 11 is 0. The van der Waals surface area contributed by atoms with Gasteiger partial charge in [-0.15, -0.1) is 0 Å². The third kappa shape index (κ3) is 5.32. The van der Waals surface area contributed by atoms with Gasteiger partial charge in [0.15, 0.2) is 0 Å². The van der Waals surface area contributed by atoms with E-state index in [2.05, 4.69) is 28.0 Å². The molecule has 1 N–H and O–H groups in total. The first kappa shape index (κ1) is 16.3. The minimum Gasteiger partial charge on any atom is -0.383 e. The monoisotopic (exact) mass is 295 g/mol. The van der Waals surface area contributed by atoms with E-state index in [1.165, 1.54) is 32.1 Å². The lowest BCUT2D eigenvalue weighted by Gasteiger charge is -2.22. The van der Waals surface area contributed by atoms with Gasteiger partial charge in [0.2, 0.25) is 5.95 Å². The van der Waals surface area contributed by atoms with E-state index in [1.807, 2.05) is 6.92 Å². The molecule has 120 valence electrons. The lowest BCUT2D eigenvalue weighted by Crippen LogP contribution is -2.24. The molecular weight excluding hydrogens is 266 g/mol. The minimum atomic E-state index is 0.245. The first-order valence-electron chi connectivity index (χ1n) is 8.10. The van der Waals surface area contributed by atoms with Crippen LogP contribution in [0.25, 0.3) is 0 Å². The van der Waals surface area contributed by atoms with Crippen molar-refractivity contribution in [1.29, 1.82) is 0 Å². The van der Waals surface area contributed by atoms with Crippen molar-refractivity contribution in [3.63, 3.8) is 0 Å². The number of nitrogens with zero attached hydrogens (tertiary/aromatic N) is 2. The van der Waals surface area contributed by atoms with Crippen LogP contribution in [-0.2, 0) is 16.0 Å². The van der Waals surface area contributed by atoms with Gasteiger partial charge in [0.25, 0.3) is 0 Å². The van der Waals surface area contributed by atoms with Gasteiger partial charge in [-0.1, -0.05) is 19.3 Å². The number of hydrogen-bond donors (Lipinski definition) is 1. The van der Waals surface area contributed by atoms with Crippen LogP contribution < -0.4 is 5.32 Å². The van der Waals surface area contributed by atoms with Crippen LogP contribution in [-0.4, -0.2) is 42.0 Å². The number of anilines is 1. The fourth-order valence-electron chi connectivity index (χ4n) is 2.89. The average molecular weight is 295 g/mol. The molecule has 5 heteroatoms. The molecule has 0 radical (unpaired) electrons. The second-order valence-corrected chi connectivity index (χ2v) is 6.03. The van der Waals surface area contributed by atoms with E-state index in [0.29, 0.717) is 12.7 Å². The number of imidazole rings is 1. The van der Waals surface area contributed by atoms with Gasteiger partial charge in [0.05, 0.1) is 25.0 Å². The van der Waals surface area contributed by atoms with Crippen LogP contribution in [0.15, 0.2) is 6.20 Å². The summed E-state index contributed by atoms with van der Waals surface area (Å²) in [5.74, 6) is 0.907. The molecule has 2 rings (SSSR count). The molecule has 1 fully saturated rings. The van der Waals surface area contributed by atoms with Gasteiger partial charge >= 0.3 is 0 Å². The highest BCUT2D eigenvalue weighted by Gasteiger charge is 2.14. The van der Waals surface area contributed by atoms with Crippen LogP contribution in [0.2, 0.25) is 0 Å². The van der Waals surface area contributed by atoms with E-state index in [0.717, 1.165) is 24.8 Å². The van der Waals surface area contributed by atoms with E-state index in [4.69, 9.17) is 9.47 Å². The van der Waals surface area contributed by atoms with Gasteiger partial charge in [0, 0.05) is 25.9 Å². The summed E-state index contributed by atoms with van der Waals surface area (Å²) in [4.78, 5) is 4.54. The molecule has 1 aliphatic carbocycles. The maximum atomic E-state index is 6.00. The highest BCUT2D eigenvalue weighted by Crippen LogP contribution is 2.20. The maximum Gasteiger partial charge on any atom is 0.203 e. The topological polar surface area (TPSA) is 48.3 Å². The quantitative estimate of drug-likeness (QED) is 0.801. The Balaban J connectivity index is 1.81. The lowest BCUT2D eigenvalue weighted by molar-refractivity contribution is 0.0242. The predicted molar refractivity (Wildman–Crippen MR) is 84.7 cm³/mol. The van der Waals surface area contributed by atoms with Crippen molar-refractivity contribution in [3.8, 4) is 0 Å². The molecular formula is C16H29N3O2. The Morgan fingerprint density at radius 2 is 2.14 bits per heavy atom. The molecule has 1 saturated carbocycles. The van der Waals surface area contributed by atoms with Crippen molar-refractivity contribution in [2.24, 2.45) is 0 Å². The summed E-state index contributed by atoms with van der Waals surface area (Å²) < 4.78 is 13.3. The number of rotatable bonds is 8. The summed E-state index contributed by atoms with van der Waals surface area (Å²) in [6, 6.07) is 0.245. The zero-order valence-electron chi connectivity index (χ0n) is 13.6. The van der Waals surface area contributed by atoms with Crippen molar-refractivity contribution in [1.82, 2.24) is 9.55 Å². The fourth-order valence-corrected chi connectivity index (χ4v) is 2.89. The number of ether oxygens (including phenoxy) is 2. The summed E-state index contributed by atoms with van der Waals surface area (Å²) in [6.07, 6.45) is 8.98. The number of hydrogen-bond acceptors (Lipinski definition) is 4. The summed E-state index contributed by atoms with van der Waals surface area (Å²) in [6.45, 7) is 6.39. The minimum absolute atomic E-state index is 0.245. The van der Waals surface area contributed by atoms with Crippen molar-refractivity contribution in [2.45, 2.75) is 64.6 Å². The van der Waals surface area contributed by atoms with Gasteiger partial charge in [0.1, 0.15) is 0 Å². The molecule has 1 aliphatic rings. The third-order valence-electron chi connectivity index (χ3n) is 3.93. The largest absolute Gasteiger partial charge is 0.383 e. The molecule has 1 atom stereocenters. The molecule has 21 heavy (non-hydrogen) atoms. The summed E-state index contributed by atoms with van der Waals surface area (Å²) in [5.41, 5.74) is 1.03. The molecule has 0 aliphatic heterocycles. The normalized spacial score (nSPS) is 17.9. The molecule has 0 amide bonds. The van der Waals surface area contributed by atoms with Crippen molar-refractivity contribution in [2.75, 3.05) is 25.6 Å². The van der Waals surface area contributed by atoms with Gasteiger partial charge in [-0.05, 0) is 26.7 Å². The second-order valence-electron chi connectivity index (χ2n) is 6.03. The number of nitrogens with one attached hydrogen (secondary N) is 1. The molecule has 1 heterocycles. The van der Waals surface area contributed by atoms with Crippen LogP contribution in [0.4, 0.5) is 5.95 Å². The van der Waals surface area contributed by atoms with Gasteiger partial charge in [-0.25, -0.2) is 4.98 Å². The Labute approximate surface area is 128 Å². The van der Waals surface area contributed by atoms with E-state index < -0.39 is 0 Å². The Hall–Kier alpha value is -1.07. The van der Waals surface area contributed by atoms with Gasteiger partial charge in [-0.2, -0.15) is 0 Å². The van der Waals surface area contributed by atoms with Crippen LogP contribution in [0.3, 0.4) is 0 Å². The zero-order chi connectivity index (χ0) is 15.1. The van der Waals surface area contributed by atoms with Crippen molar-refractivity contribution < 1.29 is 9.47 Å². The molecule has 1 aromatic rings. The Morgan fingerprint density at radius 1 is 1.38 bits per heavy atom. The SMILES string of the molecule is COCC(C)Nc1nc(C)cn1CCOC1CCCCC1. The number of aryl methyl sites for hydroxylation is 1. The first-order chi connectivity index (χ1) is 10.2. The summed E-state index contributed by atoms with van der Waals surface area (Å²) in [7, 11) is 1.72. The number of aromatic nitrogens is 2. The van der Waals surface area contributed by atoms with Crippen molar-refractivity contribution >= 4 is 5.95 Å². The molecule has 0 bridgehead atoms. The van der Waals surface area contributed by atoms with Crippen LogP contribution in [0, 0.1) is 6.92 Å². The van der Waals surface area contributed by atoms with Gasteiger partial charge < -0.3 is 19.4 Å². The highest BCUT2D eigenvalue weighted by molar-refractivity contribution is 5.30. The first-order valence-corrected chi connectivity index (χ1v) is 8.10. The molecule has 0 aromatic carbocycles. The smallest absolute Gasteiger partial charge is 0.203 e. The van der Waals surface area contributed by atoms with Crippen molar-refractivity contribution in [3.05, 3.63) is 11.9 Å². The van der Waals surface area contributed by atoms with Crippen LogP contribution in [0.1, 0.15) is 44.7 Å². The Kier molecular flexibility index (Phi) is 6.51. The average Bonchev–Trinajstić information content (AvgIpc) is 2.80. The van der Waals surface area contributed by atoms with E-state index >= 15 is 0 Å². The highest BCUT2D eigenvalue weighted by atomic mass is 16.5. The Bertz CT molecular complexity index is 414. The fraction of sp³-hybridized carbons (Fsp3) is 0.812. The third-order valence-corrected chi connectivity index (χ3v) is 3.93. The van der Waals surface area contributed by atoms with E-state index in [1.54, 1.807) is 7.11 Å². The number of methoxy groups -OCH3 is 1. The van der Waals surface area contributed by atoms with Gasteiger partial charge in [-0.3, -0.25) is 0 Å². The molecule has 0 spiro atoms. The summed E-state index contributed by atoms with van der Waals surface area (Å²) in [5, 5.41) is 3.39. The predicted octanol–water partition coefficient (Wildman–Crippen LogP) is 2.99. The van der Waals surface area contributed by atoms with E-state index in [9.17, 15) is 0 Å². The molecule has 0 saturated heterocycles. The molecule has 1 unspecified atom stereocenters. The Morgan fingerprint density at radius 3 is 2.86 bits per heavy atom.